The number of nitrogens with one attached hydrogen (secondary N) is 1. The van der Waals surface area contributed by atoms with Crippen molar-refractivity contribution in [3.63, 3.8) is 0 Å². The minimum Gasteiger partial charge on any atom is -0.383 e. The molecule has 0 fully saturated rings. The third-order valence-corrected chi connectivity index (χ3v) is 4.04. The molecule has 2 heterocycles. The normalized spacial score (nSPS) is 10.5. The number of aryl methyl sites for hydroxylation is 1. The van der Waals surface area contributed by atoms with Gasteiger partial charge in [0.2, 0.25) is 0 Å². The molecule has 0 spiro atoms. The van der Waals surface area contributed by atoms with E-state index >= 15 is 0 Å². The van der Waals surface area contributed by atoms with Crippen molar-refractivity contribution >= 4 is 38.9 Å². The predicted octanol–water partition coefficient (Wildman–Crippen LogP) is 3.11. The molecule has 0 aromatic carbocycles. The first kappa shape index (κ1) is 12.3. The van der Waals surface area contributed by atoms with E-state index in [1.807, 2.05) is 13.8 Å². The number of thiophene rings is 1. The summed E-state index contributed by atoms with van der Waals surface area (Å²) >= 11 is 5.13. The molecule has 2 aromatic rings. The van der Waals surface area contributed by atoms with Crippen molar-refractivity contribution < 1.29 is 0 Å². The van der Waals surface area contributed by atoms with Crippen LogP contribution in [0.1, 0.15) is 16.3 Å². The molecule has 90 valence electrons. The average Bonchev–Trinajstić information content (AvgIpc) is 2.67. The molecule has 6 heteroatoms. The standard InChI is InChI=1S/C11H13BrN4S/c1-6-10(13)15-7(2)16-11(6)14-4-9-3-8(12)5-17-9/h3,5H,4H2,1-2H3,(H3,13,14,15,16). The number of nitrogens with two attached hydrogens (primary N) is 1. The van der Waals surface area contributed by atoms with Gasteiger partial charge in [0, 0.05) is 20.3 Å². The highest BCUT2D eigenvalue weighted by atomic mass is 79.9. The number of nitrogens with zero attached hydrogens (tertiary/aromatic N) is 2. The maximum atomic E-state index is 5.80. The first-order chi connectivity index (χ1) is 8.06. The molecular weight excluding hydrogens is 300 g/mol. The fraction of sp³-hybridized carbons (Fsp3) is 0.273. The zero-order valence-corrected chi connectivity index (χ0v) is 12.0. The van der Waals surface area contributed by atoms with Gasteiger partial charge in [-0.15, -0.1) is 11.3 Å². The van der Waals surface area contributed by atoms with Gasteiger partial charge >= 0.3 is 0 Å². The molecule has 0 radical (unpaired) electrons. The van der Waals surface area contributed by atoms with Crippen LogP contribution in [0.3, 0.4) is 0 Å². The number of nitrogen functional groups attached to an aromatic ring is 1. The first-order valence-corrected chi connectivity index (χ1v) is 6.81. The molecule has 0 atom stereocenters. The number of halogens is 1. The molecule has 0 saturated heterocycles. The maximum Gasteiger partial charge on any atom is 0.135 e. The van der Waals surface area contributed by atoms with Gasteiger partial charge in [-0.3, -0.25) is 0 Å². The smallest absolute Gasteiger partial charge is 0.135 e. The summed E-state index contributed by atoms with van der Waals surface area (Å²) < 4.78 is 1.11. The molecule has 0 amide bonds. The predicted molar refractivity (Wildman–Crippen MR) is 75.3 cm³/mol. The van der Waals surface area contributed by atoms with Crippen LogP contribution in [0.5, 0.6) is 0 Å². The van der Waals surface area contributed by atoms with E-state index in [9.17, 15) is 0 Å². The summed E-state index contributed by atoms with van der Waals surface area (Å²) in [6.45, 7) is 4.50. The topological polar surface area (TPSA) is 63.8 Å². The second kappa shape index (κ2) is 5.01. The highest BCUT2D eigenvalue weighted by Crippen LogP contribution is 2.22. The largest absolute Gasteiger partial charge is 0.383 e. The van der Waals surface area contributed by atoms with Gasteiger partial charge in [-0.25, -0.2) is 9.97 Å². The summed E-state index contributed by atoms with van der Waals surface area (Å²) in [5.74, 6) is 2.02. The Morgan fingerprint density at radius 2 is 2.18 bits per heavy atom. The average molecular weight is 313 g/mol. The van der Waals surface area contributed by atoms with Gasteiger partial charge in [0.05, 0.1) is 6.54 Å². The molecule has 17 heavy (non-hydrogen) atoms. The molecule has 0 saturated carbocycles. The van der Waals surface area contributed by atoms with Crippen molar-refractivity contribution in [1.29, 1.82) is 0 Å². The van der Waals surface area contributed by atoms with Crippen LogP contribution in [-0.4, -0.2) is 9.97 Å². The number of anilines is 2. The van der Waals surface area contributed by atoms with Crippen LogP contribution in [0.25, 0.3) is 0 Å². The maximum absolute atomic E-state index is 5.80. The van der Waals surface area contributed by atoms with Crippen molar-refractivity contribution in [2.24, 2.45) is 0 Å². The van der Waals surface area contributed by atoms with Crippen LogP contribution < -0.4 is 11.1 Å². The van der Waals surface area contributed by atoms with Gasteiger partial charge in [-0.1, -0.05) is 0 Å². The lowest BCUT2D eigenvalue weighted by Gasteiger charge is -2.09. The summed E-state index contributed by atoms with van der Waals surface area (Å²) in [5, 5.41) is 5.34. The second-order valence-electron chi connectivity index (χ2n) is 3.71. The van der Waals surface area contributed by atoms with Crippen molar-refractivity contribution in [1.82, 2.24) is 9.97 Å². The van der Waals surface area contributed by atoms with Crippen LogP contribution >= 0.6 is 27.3 Å². The molecule has 2 aromatic heterocycles. The Morgan fingerprint density at radius 1 is 1.41 bits per heavy atom. The number of hydrogen-bond acceptors (Lipinski definition) is 5. The molecule has 2 rings (SSSR count). The Morgan fingerprint density at radius 3 is 2.82 bits per heavy atom. The second-order valence-corrected chi connectivity index (χ2v) is 5.63. The monoisotopic (exact) mass is 312 g/mol. The summed E-state index contributed by atoms with van der Waals surface area (Å²) in [4.78, 5) is 9.70. The lowest BCUT2D eigenvalue weighted by atomic mass is 10.3. The number of rotatable bonds is 3. The Labute approximate surface area is 112 Å². The van der Waals surface area contributed by atoms with Crippen LogP contribution in [0, 0.1) is 13.8 Å². The molecule has 0 bridgehead atoms. The highest BCUT2D eigenvalue weighted by Gasteiger charge is 2.06. The van der Waals surface area contributed by atoms with Crippen molar-refractivity contribution in [2.45, 2.75) is 20.4 Å². The van der Waals surface area contributed by atoms with E-state index in [-0.39, 0.29) is 0 Å². The van der Waals surface area contributed by atoms with Gasteiger partial charge in [0.25, 0.3) is 0 Å². The van der Waals surface area contributed by atoms with Gasteiger partial charge in [0.1, 0.15) is 17.5 Å². The van der Waals surface area contributed by atoms with E-state index in [0.29, 0.717) is 11.6 Å². The summed E-state index contributed by atoms with van der Waals surface area (Å²) in [7, 11) is 0. The first-order valence-electron chi connectivity index (χ1n) is 5.14. The fourth-order valence-corrected chi connectivity index (χ4v) is 2.83. The van der Waals surface area contributed by atoms with Crippen LogP contribution in [0.15, 0.2) is 15.9 Å². The summed E-state index contributed by atoms with van der Waals surface area (Å²) in [5.41, 5.74) is 6.69. The lowest BCUT2D eigenvalue weighted by Crippen LogP contribution is -2.07. The lowest BCUT2D eigenvalue weighted by molar-refractivity contribution is 1.02. The third-order valence-electron chi connectivity index (χ3n) is 2.35. The Bertz CT molecular complexity index is 538. The molecule has 0 unspecified atom stereocenters. The summed E-state index contributed by atoms with van der Waals surface area (Å²) in [6.07, 6.45) is 0. The third kappa shape index (κ3) is 2.95. The van der Waals surface area contributed by atoms with Gasteiger partial charge in [0.15, 0.2) is 0 Å². The molecular formula is C11H13BrN4S. The van der Waals surface area contributed by atoms with E-state index in [0.717, 1.165) is 22.4 Å². The Balaban J connectivity index is 2.14. The minimum atomic E-state index is 0.535. The quantitative estimate of drug-likeness (QED) is 0.914. The van der Waals surface area contributed by atoms with Crippen LogP contribution in [0.2, 0.25) is 0 Å². The SMILES string of the molecule is Cc1nc(N)c(C)c(NCc2cc(Br)cs2)n1. The van der Waals surface area contributed by atoms with E-state index in [4.69, 9.17) is 5.73 Å². The van der Waals surface area contributed by atoms with Gasteiger partial charge < -0.3 is 11.1 Å². The van der Waals surface area contributed by atoms with E-state index in [1.54, 1.807) is 11.3 Å². The van der Waals surface area contributed by atoms with E-state index in [1.165, 1.54) is 4.88 Å². The van der Waals surface area contributed by atoms with Gasteiger partial charge in [-0.2, -0.15) is 0 Å². The molecule has 0 aliphatic heterocycles. The minimum absolute atomic E-state index is 0.535. The van der Waals surface area contributed by atoms with Crippen molar-refractivity contribution in [3.05, 3.63) is 32.2 Å². The van der Waals surface area contributed by atoms with Crippen molar-refractivity contribution in [2.75, 3.05) is 11.1 Å². The highest BCUT2D eigenvalue weighted by molar-refractivity contribution is 9.10. The van der Waals surface area contributed by atoms with Crippen LogP contribution in [-0.2, 0) is 6.54 Å². The zero-order chi connectivity index (χ0) is 12.4. The fourth-order valence-electron chi connectivity index (χ4n) is 1.44. The molecule has 0 aliphatic carbocycles. The molecule has 0 aliphatic rings. The van der Waals surface area contributed by atoms with Crippen molar-refractivity contribution in [3.8, 4) is 0 Å². The van der Waals surface area contributed by atoms with E-state index < -0.39 is 0 Å². The zero-order valence-electron chi connectivity index (χ0n) is 9.62. The Hall–Kier alpha value is -1.14. The van der Waals surface area contributed by atoms with E-state index in [2.05, 4.69) is 42.7 Å². The number of hydrogen-bond donors (Lipinski definition) is 2. The Kier molecular flexibility index (Phi) is 3.63. The molecule has 4 nitrogen and oxygen atoms in total. The number of aromatic nitrogens is 2. The molecule has 3 N–H and O–H groups in total. The van der Waals surface area contributed by atoms with Gasteiger partial charge in [-0.05, 0) is 35.8 Å². The van der Waals surface area contributed by atoms with Crippen LogP contribution in [0.4, 0.5) is 11.6 Å². The summed E-state index contributed by atoms with van der Waals surface area (Å²) in [6, 6.07) is 2.09.